The first-order valence-corrected chi connectivity index (χ1v) is 8.44. The van der Waals surface area contributed by atoms with Gasteiger partial charge in [-0.3, -0.25) is 0 Å². The minimum Gasteiger partial charge on any atom is -0.464 e. The van der Waals surface area contributed by atoms with Crippen LogP contribution in [0.4, 0.5) is 0 Å². The molecule has 0 saturated heterocycles. The molecule has 0 aliphatic heterocycles. The van der Waals surface area contributed by atoms with E-state index in [0.29, 0.717) is 6.10 Å². The molecule has 0 aromatic heterocycles. The molecule has 22 heavy (non-hydrogen) atoms. The molecule has 0 radical (unpaired) electrons. The molecule has 0 heterocycles. The molecule has 2 rings (SSSR count). The first kappa shape index (κ1) is 17.1. The number of hydrogen-bond acceptors (Lipinski definition) is 2. The molecule has 122 valence electrons. The molecule has 1 aromatic rings. The Morgan fingerprint density at radius 2 is 1.68 bits per heavy atom. The second-order valence-corrected chi connectivity index (χ2v) is 7.52. The van der Waals surface area contributed by atoms with Crippen LogP contribution in [0, 0.1) is 5.41 Å². The third-order valence-corrected chi connectivity index (χ3v) is 4.17. The third kappa shape index (κ3) is 4.88. The summed E-state index contributed by atoms with van der Waals surface area (Å²) in [6.45, 7) is 12.5. The van der Waals surface area contributed by atoms with Gasteiger partial charge in [0.15, 0.2) is 0 Å². The van der Waals surface area contributed by atoms with Crippen molar-refractivity contribution in [2.45, 2.75) is 72.2 Å². The molecule has 1 fully saturated rings. The van der Waals surface area contributed by atoms with E-state index in [9.17, 15) is 0 Å². The van der Waals surface area contributed by atoms with Crippen molar-refractivity contribution in [1.82, 2.24) is 0 Å². The third-order valence-electron chi connectivity index (χ3n) is 4.17. The van der Waals surface area contributed by atoms with Crippen LogP contribution in [0.1, 0.15) is 65.4 Å². The number of rotatable bonds is 5. The number of ether oxygens (including phenoxy) is 2. The topological polar surface area (TPSA) is 18.5 Å². The van der Waals surface area contributed by atoms with Gasteiger partial charge in [-0.25, -0.2) is 0 Å². The van der Waals surface area contributed by atoms with E-state index in [2.05, 4.69) is 39.5 Å². The molecule has 1 saturated carbocycles. The number of benzene rings is 1. The summed E-state index contributed by atoms with van der Waals surface area (Å²) < 4.78 is 12.5. The van der Waals surface area contributed by atoms with Crippen LogP contribution in [-0.4, -0.2) is 12.4 Å². The normalized spacial score (nSPS) is 18.0. The van der Waals surface area contributed by atoms with Gasteiger partial charge in [0.1, 0.15) is 5.75 Å². The summed E-state index contributed by atoms with van der Waals surface area (Å²) in [6, 6.07) is 8.12. The van der Waals surface area contributed by atoms with Gasteiger partial charge in [0, 0.05) is 5.41 Å². The molecule has 1 aliphatic carbocycles. The van der Waals surface area contributed by atoms with Crippen molar-refractivity contribution < 1.29 is 9.47 Å². The van der Waals surface area contributed by atoms with Crippen LogP contribution >= 0.6 is 0 Å². The van der Waals surface area contributed by atoms with Gasteiger partial charge < -0.3 is 9.47 Å². The van der Waals surface area contributed by atoms with Gasteiger partial charge in [-0.15, -0.1) is 0 Å². The van der Waals surface area contributed by atoms with Crippen molar-refractivity contribution in [3.05, 3.63) is 36.4 Å². The Morgan fingerprint density at radius 1 is 1.09 bits per heavy atom. The molecule has 2 heteroatoms. The Hall–Kier alpha value is -1.28. The lowest BCUT2D eigenvalue weighted by molar-refractivity contribution is -0.177. The Bertz CT molecular complexity index is 475. The summed E-state index contributed by atoms with van der Waals surface area (Å²) in [6.07, 6.45) is 6.32. The minimum absolute atomic E-state index is 0.0511. The van der Waals surface area contributed by atoms with Gasteiger partial charge in [-0.2, -0.15) is 0 Å². The highest BCUT2D eigenvalue weighted by molar-refractivity contribution is 5.61. The minimum atomic E-state index is -0.216. The van der Waals surface area contributed by atoms with Crippen LogP contribution < -0.4 is 4.74 Å². The van der Waals surface area contributed by atoms with Crippen molar-refractivity contribution in [1.29, 1.82) is 0 Å². The van der Waals surface area contributed by atoms with Crippen LogP contribution in [0.2, 0.25) is 0 Å². The van der Waals surface area contributed by atoms with Crippen LogP contribution in [0.25, 0.3) is 5.57 Å². The molecular weight excluding hydrogens is 272 g/mol. The largest absolute Gasteiger partial charge is 0.464 e. The zero-order valence-electron chi connectivity index (χ0n) is 14.5. The predicted molar refractivity (Wildman–Crippen MR) is 93.0 cm³/mol. The maximum Gasteiger partial charge on any atom is 0.204 e. The first-order valence-electron chi connectivity index (χ1n) is 8.44. The lowest BCUT2D eigenvalue weighted by atomic mass is 9.94. The van der Waals surface area contributed by atoms with Gasteiger partial charge >= 0.3 is 0 Å². The molecule has 1 unspecified atom stereocenters. The van der Waals surface area contributed by atoms with Crippen LogP contribution in [0.15, 0.2) is 30.8 Å². The molecular formula is C20H30O2. The van der Waals surface area contributed by atoms with Crippen molar-refractivity contribution >= 4 is 5.57 Å². The molecule has 0 spiro atoms. The van der Waals surface area contributed by atoms with E-state index in [1.807, 2.05) is 19.1 Å². The summed E-state index contributed by atoms with van der Waals surface area (Å²) in [5, 5.41) is 0. The van der Waals surface area contributed by atoms with Crippen LogP contribution in [0.5, 0.6) is 5.75 Å². The fourth-order valence-electron chi connectivity index (χ4n) is 2.73. The van der Waals surface area contributed by atoms with Gasteiger partial charge in [0.05, 0.1) is 6.10 Å². The molecule has 1 aliphatic rings. The van der Waals surface area contributed by atoms with E-state index in [1.165, 1.54) is 19.3 Å². The summed E-state index contributed by atoms with van der Waals surface area (Å²) in [4.78, 5) is 0. The summed E-state index contributed by atoms with van der Waals surface area (Å²) >= 11 is 0. The molecule has 0 amide bonds. The Kier molecular flexibility index (Phi) is 5.69. The second-order valence-electron chi connectivity index (χ2n) is 7.52. The highest BCUT2D eigenvalue weighted by Gasteiger charge is 2.31. The SMILES string of the molecule is C=C(C)c1ccc(OC(OC2CCCCC2)C(C)(C)C)cc1. The van der Waals surface area contributed by atoms with Crippen LogP contribution in [0.3, 0.4) is 0 Å². The van der Waals surface area contributed by atoms with E-state index < -0.39 is 0 Å². The van der Waals surface area contributed by atoms with Crippen LogP contribution in [-0.2, 0) is 4.74 Å². The zero-order valence-corrected chi connectivity index (χ0v) is 14.5. The average Bonchev–Trinajstić information content (AvgIpc) is 2.47. The molecule has 1 atom stereocenters. The van der Waals surface area contributed by atoms with Crippen molar-refractivity contribution in [2.24, 2.45) is 5.41 Å². The summed E-state index contributed by atoms with van der Waals surface area (Å²) in [7, 11) is 0. The Morgan fingerprint density at radius 3 is 2.18 bits per heavy atom. The maximum absolute atomic E-state index is 6.30. The number of allylic oxidation sites excluding steroid dienone is 1. The lowest BCUT2D eigenvalue weighted by Crippen LogP contribution is -2.38. The predicted octanol–water partition coefficient (Wildman–Crippen LogP) is 5.82. The molecule has 2 nitrogen and oxygen atoms in total. The van der Waals surface area contributed by atoms with Crippen molar-refractivity contribution in [3.63, 3.8) is 0 Å². The summed E-state index contributed by atoms with van der Waals surface area (Å²) in [5.74, 6) is 0.862. The smallest absolute Gasteiger partial charge is 0.204 e. The van der Waals surface area contributed by atoms with Gasteiger partial charge in [0.2, 0.25) is 6.29 Å². The zero-order chi connectivity index (χ0) is 16.2. The highest BCUT2D eigenvalue weighted by atomic mass is 16.7. The number of hydrogen-bond donors (Lipinski definition) is 0. The Labute approximate surface area is 135 Å². The molecule has 0 bridgehead atoms. The highest BCUT2D eigenvalue weighted by Crippen LogP contribution is 2.30. The first-order chi connectivity index (χ1) is 10.4. The van der Waals surface area contributed by atoms with Crippen molar-refractivity contribution in [3.8, 4) is 5.75 Å². The standard InChI is InChI=1S/C20H30O2/c1-15(2)16-11-13-18(14-12-16)22-19(20(3,4)5)21-17-9-7-6-8-10-17/h11-14,17,19H,1,6-10H2,2-5H3. The summed E-state index contributed by atoms with van der Waals surface area (Å²) in [5.41, 5.74) is 2.16. The monoisotopic (exact) mass is 302 g/mol. The fourth-order valence-corrected chi connectivity index (χ4v) is 2.73. The van der Waals surface area contributed by atoms with Gasteiger partial charge in [-0.05, 0) is 37.5 Å². The van der Waals surface area contributed by atoms with E-state index in [1.54, 1.807) is 0 Å². The fraction of sp³-hybridized carbons (Fsp3) is 0.600. The van der Waals surface area contributed by atoms with E-state index >= 15 is 0 Å². The average molecular weight is 302 g/mol. The second kappa shape index (κ2) is 7.32. The van der Waals surface area contributed by atoms with Gasteiger partial charge in [0.25, 0.3) is 0 Å². The van der Waals surface area contributed by atoms with E-state index in [0.717, 1.165) is 29.7 Å². The maximum atomic E-state index is 6.30. The van der Waals surface area contributed by atoms with Crippen molar-refractivity contribution in [2.75, 3.05) is 0 Å². The quantitative estimate of drug-likeness (QED) is 0.638. The lowest BCUT2D eigenvalue weighted by Gasteiger charge is -2.35. The molecule has 0 N–H and O–H groups in total. The molecule has 1 aromatic carbocycles. The van der Waals surface area contributed by atoms with Gasteiger partial charge in [-0.1, -0.05) is 64.3 Å². The van der Waals surface area contributed by atoms with E-state index in [-0.39, 0.29) is 11.7 Å². The van der Waals surface area contributed by atoms with E-state index in [4.69, 9.17) is 9.47 Å². The Balaban J connectivity index is 2.04.